The van der Waals surface area contributed by atoms with E-state index in [4.69, 9.17) is 19.7 Å². The number of ether oxygens (including phenoxy) is 1. The van der Waals surface area contributed by atoms with Gasteiger partial charge < -0.3 is 24.8 Å². The second kappa shape index (κ2) is 10.0. The Bertz CT molecular complexity index is 1320. The number of carbonyl (C=O) groups excluding carboxylic acids is 1. The van der Waals surface area contributed by atoms with Crippen LogP contribution in [0.15, 0.2) is 43.0 Å². The standard InChI is InChI=1S/C24H27N9O2/c1-3-27-24(34)28-18-7-5-16(6-8-18)20-30-22(32-9-11-35-12-10-32)19-23(31-20)33(4-2)21(29-19)17-13-25-15-26-14-17/h5-8,13-15H,3-4,9-12H2,1-2H3,(H2,27,28,34). The van der Waals surface area contributed by atoms with E-state index in [9.17, 15) is 4.79 Å². The highest BCUT2D eigenvalue weighted by Crippen LogP contribution is 2.31. The van der Waals surface area contributed by atoms with Gasteiger partial charge in [0.2, 0.25) is 0 Å². The number of fused-ring (bicyclic) bond motifs is 1. The average molecular weight is 474 g/mol. The summed E-state index contributed by atoms with van der Waals surface area (Å²) in [4.78, 5) is 37.2. The first-order valence-electron chi connectivity index (χ1n) is 11.7. The number of morpholine rings is 1. The molecule has 11 heteroatoms. The Morgan fingerprint density at radius 2 is 1.74 bits per heavy atom. The van der Waals surface area contributed by atoms with Crippen molar-refractivity contribution in [3.05, 3.63) is 43.0 Å². The zero-order chi connectivity index (χ0) is 24.2. The van der Waals surface area contributed by atoms with E-state index in [1.165, 1.54) is 6.33 Å². The van der Waals surface area contributed by atoms with Crippen LogP contribution in [0, 0.1) is 0 Å². The third-order valence-electron chi connectivity index (χ3n) is 5.76. The van der Waals surface area contributed by atoms with E-state index in [-0.39, 0.29) is 6.03 Å². The van der Waals surface area contributed by atoms with Gasteiger partial charge in [0.25, 0.3) is 0 Å². The highest BCUT2D eigenvalue weighted by Gasteiger charge is 2.23. The van der Waals surface area contributed by atoms with Crippen LogP contribution in [0.2, 0.25) is 0 Å². The van der Waals surface area contributed by atoms with Crippen LogP contribution >= 0.6 is 0 Å². The highest BCUT2D eigenvalue weighted by atomic mass is 16.5. The number of rotatable bonds is 6. The molecule has 2 N–H and O–H groups in total. The quantitative estimate of drug-likeness (QED) is 0.438. The van der Waals surface area contributed by atoms with Crippen LogP contribution in [0.25, 0.3) is 33.9 Å². The molecule has 3 aromatic heterocycles. The third-order valence-corrected chi connectivity index (χ3v) is 5.76. The lowest BCUT2D eigenvalue weighted by atomic mass is 10.2. The molecule has 1 aromatic carbocycles. The average Bonchev–Trinajstić information content (AvgIpc) is 3.28. The molecule has 0 unspecified atom stereocenters. The van der Waals surface area contributed by atoms with Crippen molar-refractivity contribution < 1.29 is 9.53 Å². The molecule has 1 aliphatic rings. The van der Waals surface area contributed by atoms with Crippen LogP contribution in [0.4, 0.5) is 16.3 Å². The van der Waals surface area contributed by atoms with Crippen LogP contribution in [0.3, 0.4) is 0 Å². The minimum Gasteiger partial charge on any atom is -0.378 e. The molecular formula is C24H27N9O2. The summed E-state index contributed by atoms with van der Waals surface area (Å²) in [7, 11) is 0. The zero-order valence-electron chi connectivity index (χ0n) is 19.7. The van der Waals surface area contributed by atoms with E-state index >= 15 is 0 Å². The van der Waals surface area contributed by atoms with E-state index in [1.807, 2.05) is 31.2 Å². The fourth-order valence-corrected chi connectivity index (χ4v) is 4.08. The summed E-state index contributed by atoms with van der Waals surface area (Å²) in [6.45, 7) is 7.89. The van der Waals surface area contributed by atoms with Gasteiger partial charge in [-0.3, -0.25) is 0 Å². The number of nitrogens with zero attached hydrogens (tertiary/aromatic N) is 7. The van der Waals surface area contributed by atoms with Gasteiger partial charge in [-0.15, -0.1) is 0 Å². The van der Waals surface area contributed by atoms with E-state index < -0.39 is 0 Å². The number of anilines is 2. The van der Waals surface area contributed by atoms with E-state index in [0.717, 1.165) is 47.0 Å². The van der Waals surface area contributed by atoms with Crippen molar-refractivity contribution in [2.24, 2.45) is 0 Å². The Balaban J connectivity index is 1.61. The molecule has 35 heavy (non-hydrogen) atoms. The lowest BCUT2D eigenvalue weighted by Gasteiger charge is -2.28. The maximum Gasteiger partial charge on any atom is 0.319 e. The number of hydrogen-bond donors (Lipinski definition) is 2. The molecular weight excluding hydrogens is 446 g/mol. The molecule has 0 aliphatic carbocycles. The van der Waals surface area contributed by atoms with E-state index in [2.05, 4.69) is 37.0 Å². The zero-order valence-corrected chi connectivity index (χ0v) is 19.7. The van der Waals surface area contributed by atoms with Crippen molar-refractivity contribution in [3.8, 4) is 22.8 Å². The lowest BCUT2D eigenvalue weighted by molar-refractivity contribution is 0.122. The van der Waals surface area contributed by atoms with Crippen molar-refractivity contribution in [1.82, 2.24) is 34.8 Å². The Kier molecular flexibility index (Phi) is 6.49. The molecule has 5 rings (SSSR count). The molecule has 0 spiro atoms. The number of hydrogen-bond acceptors (Lipinski definition) is 8. The molecule has 4 heterocycles. The normalized spacial score (nSPS) is 13.7. The number of carbonyl (C=O) groups is 1. The maximum absolute atomic E-state index is 11.8. The Morgan fingerprint density at radius 3 is 2.43 bits per heavy atom. The number of urea groups is 1. The van der Waals surface area contributed by atoms with Gasteiger partial charge in [-0.1, -0.05) is 0 Å². The van der Waals surface area contributed by atoms with Gasteiger partial charge in [-0.25, -0.2) is 29.7 Å². The molecule has 4 aromatic rings. The van der Waals surface area contributed by atoms with Crippen molar-refractivity contribution in [2.75, 3.05) is 43.1 Å². The molecule has 0 bridgehead atoms. The number of aryl methyl sites for hydroxylation is 1. The Hall–Kier alpha value is -4.12. The fraction of sp³-hybridized carbons (Fsp3) is 0.333. The predicted molar refractivity (Wildman–Crippen MR) is 133 cm³/mol. The summed E-state index contributed by atoms with van der Waals surface area (Å²) >= 11 is 0. The summed E-state index contributed by atoms with van der Waals surface area (Å²) < 4.78 is 7.63. The molecule has 1 fully saturated rings. The monoisotopic (exact) mass is 473 g/mol. The first-order valence-corrected chi connectivity index (χ1v) is 11.7. The van der Waals surface area contributed by atoms with E-state index in [1.54, 1.807) is 12.4 Å². The SMILES string of the molecule is CCNC(=O)Nc1ccc(-c2nc(N3CCOCC3)c3nc(-c4cncnc4)n(CC)c3n2)cc1. The predicted octanol–water partition coefficient (Wildman–Crippen LogP) is 2.95. The van der Waals surface area contributed by atoms with Gasteiger partial charge in [0.05, 0.1) is 18.8 Å². The number of benzene rings is 1. The molecule has 0 radical (unpaired) electrons. The molecule has 1 aliphatic heterocycles. The summed E-state index contributed by atoms with van der Waals surface area (Å²) in [5, 5.41) is 5.54. The molecule has 0 atom stereocenters. The first kappa shape index (κ1) is 22.7. The van der Waals surface area contributed by atoms with Gasteiger partial charge in [0, 0.05) is 49.8 Å². The van der Waals surface area contributed by atoms with Gasteiger partial charge in [0.1, 0.15) is 12.2 Å². The Labute approximate surface area is 202 Å². The van der Waals surface area contributed by atoms with Gasteiger partial charge >= 0.3 is 6.03 Å². The molecule has 2 amide bonds. The van der Waals surface area contributed by atoms with Gasteiger partial charge in [-0.2, -0.15) is 0 Å². The smallest absolute Gasteiger partial charge is 0.319 e. The molecule has 11 nitrogen and oxygen atoms in total. The number of imidazole rings is 1. The van der Waals surface area contributed by atoms with Crippen molar-refractivity contribution in [2.45, 2.75) is 20.4 Å². The number of nitrogens with one attached hydrogen (secondary N) is 2. The van der Waals surface area contributed by atoms with Crippen LogP contribution in [-0.2, 0) is 11.3 Å². The number of aromatic nitrogens is 6. The van der Waals surface area contributed by atoms with Crippen LogP contribution in [0.1, 0.15) is 13.8 Å². The fourth-order valence-electron chi connectivity index (χ4n) is 4.08. The second-order valence-corrected chi connectivity index (χ2v) is 8.01. The van der Waals surface area contributed by atoms with Crippen LogP contribution in [0.5, 0.6) is 0 Å². The molecule has 180 valence electrons. The molecule has 0 saturated carbocycles. The van der Waals surface area contributed by atoms with Crippen molar-refractivity contribution >= 4 is 28.7 Å². The van der Waals surface area contributed by atoms with Gasteiger partial charge in [0.15, 0.2) is 22.8 Å². The maximum atomic E-state index is 11.8. The van der Waals surface area contributed by atoms with Crippen LogP contribution < -0.4 is 15.5 Å². The number of amides is 2. The van der Waals surface area contributed by atoms with Crippen LogP contribution in [-0.4, -0.2) is 68.4 Å². The second-order valence-electron chi connectivity index (χ2n) is 8.01. The molecule has 1 saturated heterocycles. The minimum absolute atomic E-state index is 0.239. The van der Waals surface area contributed by atoms with E-state index in [0.29, 0.717) is 37.8 Å². The summed E-state index contributed by atoms with van der Waals surface area (Å²) in [5.74, 6) is 2.13. The topological polar surface area (TPSA) is 123 Å². The minimum atomic E-state index is -0.239. The summed E-state index contributed by atoms with van der Waals surface area (Å²) in [5.41, 5.74) is 3.85. The highest BCUT2D eigenvalue weighted by molar-refractivity contribution is 5.90. The largest absolute Gasteiger partial charge is 0.378 e. The van der Waals surface area contributed by atoms with Gasteiger partial charge in [-0.05, 0) is 38.1 Å². The first-order chi connectivity index (χ1) is 17.2. The summed E-state index contributed by atoms with van der Waals surface area (Å²) in [6.07, 6.45) is 5.01. The lowest BCUT2D eigenvalue weighted by Crippen LogP contribution is -2.37. The van der Waals surface area contributed by atoms with Crippen molar-refractivity contribution in [3.63, 3.8) is 0 Å². The Morgan fingerprint density at radius 1 is 1.00 bits per heavy atom. The van der Waals surface area contributed by atoms with Crippen molar-refractivity contribution in [1.29, 1.82) is 0 Å². The summed E-state index contributed by atoms with van der Waals surface area (Å²) in [6, 6.07) is 7.26. The third kappa shape index (κ3) is 4.62.